The summed E-state index contributed by atoms with van der Waals surface area (Å²) >= 11 is 9.88. The van der Waals surface area contributed by atoms with Crippen LogP contribution in [0, 0.1) is 5.92 Å². The van der Waals surface area contributed by atoms with Gasteiger partial charge >= 0.3 is 0 Å². The summed E-state index contributed by atoms with van der Waals surface area (Å²) in [4.78, 5) is 2.50. The van der Waals surface area contributed by atoms with Gasteiger partial charge in [-0.3, -0.25) is 4.90 Å². The van der Waals surface area contributed by atoms with E-state index in [0.29, 0.717) is 6.54 Å². The van der Waals surface area contributed by atoms with E-state index >= 15 is 0 Å². The Labute approximate surface area is 129 Å². The maximum Gasteiger partial charge on any atom is 0.0485 e. The SMILES string of the molecule is CC1CCCN(C(CN)c2cc(Br)ccc2Cl)CC1. The number of likely N-dealkylation sites (tertiary alicyclic amines) is 1. The average Bonchev–Trinajstić information content (AvgIpc) is 2.60. The fraction of sp³-hybridized carbons (Fsp3) is 0.600. The van der Waals surface area contributed by atoms with Gasteiger partial charge in [-0.2, -0.15) is 0 Å². The first-order valence-electron chi connectivity index (χ1n) is 7.01. The second-order valence-corrected chi connectivity index (χ2v) is 6.81. The summed E-state index contributed by atoms with van der Waals surface area (Å²) in [6.07, 6.45) is 3.82. The van der Waals surface area contributed by atoms with Crippen LogP contribution in [0.4, 0.5) is 0 Å². The molecule has 0 aromatic heterocycles. The minimum absolute atomic E-state index is 0.232. The summed E-state index contributed by atoms with van der Waals surface area (Å²) in [5, 5.41) is 0.816. The molecule has 0 radical (unpaired) electrons. The van der Waals surface area contributed by atoms with Crippen molar-refractivity contribution in [3.8, 4) is 0 Å². The lowest BCUT2D eigenvalue weighted by Crippen LogP contribution is -2.34. The molecule has 2 unspecified atom stereocenters. The molecule has 0 amide bonds. The predicted molar refractivity (Wildman–Crippen MR) is 85.5 cm³/mol. The highest BCUT2D eigenvalue weighted by atomic mass is 79.9. The fourth-order valence-electron chi connectivity index (χ4n) is 2.84. The second kappa shape index (κ2) is 7.07. The van der Waals surface area contributed by atoms with Gasteiger partial charge in [0.25, 0.3) is 0 Å². The molecule has 1 aliphatic rings. The van der Waals surface area contributed by atoms with Gasteiger partial charge in [0.05, 0.1) is 0 Å². The first-order valence-corrected chi connectivity index (χ1v) is 8.18. The summed E-state index contributed by atoms with van der Waals surface area (Å²) < 4.78 is 1.06. The zero-order valence-corrected chi connectivity index (χ0v) is 13.8. The smallest absolute Gasteiger partial charge is 0.0485 e. The highest BCUT2D eigenvalue weighted by Crippen LogP contribution is 2.31. The van der Waals surface area contributed by atoms with Crippen LogP contribution < -0.4 is 5.73 Å². The Morgan fingerprint density at radius 2 is 2.21 bits per heavy atom. The van der Waals surface area contributed by atoms with E-state index in [0.717, 1.165) is 34.1 Å². The van der Waals surface area contributed by atoms with E-state index in [-0.39, 0.29) is 6.04 Å². The van der Waals surface area contributed by atoms with E-state index in [1.165, 1.54) is 19.3 Å². The van der Waals surface area contributed by atoms with E-state index in [1.54, 1.807) is 0 Å². The minimum atomic E-state index is 0.232. The van der Waals surface area contributed by atoms with Gasteiger partial charge in [-0.1, -0.05) is 34.5 Å². The molecule has 1 fully saturated rings. The van der Waals surface area contributed by atoms with Crippen LogP contribution in [-0.4, -0.2) is 24.5 Å². The van der Waals surface area contributed by atoms with Crippen LogP contribution in [0.1, 0.15) is 37.8 Å². The van der Waals surface area contributed by atoms with Gasteiger partial charge in [0.2, 0.25) is 0 Å². The summed E-state index contributed by atoms with van der Waals surface area (Å²) in [6.45, 7) is 5.19. The van der Waals surface area contributed by atoms with Crippen molar-refractivity contribution in [2.45, 2.75) is 32.2 Å². The van der Waals surface area contributed by atoms with Crippen molar-refractivity contribution in [1.29, 1.82) is 0 Å². The molecule has 2 N–H and O–H groups in total. The van der Waals surface area contributed by atoms with Crippen LogP contribution in [0.5, 0.6) is 0 Å². The van der Waals surface area contributed by atoms with Gasteiger partial charge in [0.15, 0.2) is 0 Å². The van der Waals surface area contributed by atoms with E-state index < -0.39 is 0 Å². The Hall–Kier alpha value is -0.0900. The maximum absolute atomic E-state index is 6.36. The predicted octanol–water partition coefficient (Wildman–Crippen LogP) is 4.22. The van der Waals surface area contributed by atoms with Crippen molar-refractivity contribution in [3.63, 3.8) is 0 Å². The Morgan fingerprint density at radius 3 is 2.95 bits per heavy atom. The molecule has 1 aliphatic heterocycles. The lowest BCUT2D eigenvalue weighted by Gasteiger charge is -2.30. The summed E-state index contributed by atoms with van der Waals surface area (Å²) in [5.74, 6) is 0.821. The molecule has 19 heavy (non-hydrogen) atoms. The van der Waals surface area contributed by atoms with Crippen LogP contribution in [0.2, 0.25) is 5.02 Å². The summed E-state index contributed by atoms with van der Waals surface area (Å²) in [6, 6.07) is 6.26. The first kappa shape index (κ1) is 15.3. The molecule has 1 saturated heterocycles. The molecule has 2 atom stereocenters. The third-order valence-corrected chi connectivity index (χ3v) is 4.87. The number of halogens is 2. The van der Waals surface area contributed by atoms with Crippen LogP contribution >= 0.6 is 27.5 Å². The quantitative estimate of drug-likeness (QED) is 0.888. The van der Waals surface area contributed by atoms with E-state index in [9.17, 15) is 0 Å². The maximum atomic E-state index is 6.36. The van der Waals surface area contributed by atoms with Gasteiger partial charge in [0, 0.05) is 22.1 Å². The summed E-state index contributed by atoms with van der Waals surface area (Å²) in [5.41, 5.74) is 7.17. The molecule has 1 heterocycles. The lowest BCUT2D eigenvalue weighted by molar-refractivity contribution is 0.207. The van der Waals surface area contributed by atoms with Gasteiger partial charge < -0.3 is 5.73 Å². The van der Waals surface area contributed by atoms with Crippen LogP contribution in [0.25, 0.3) is 0 Å². The van der Waals surface area contributed by atoms with Gasteiger partial charge in [0.1, 0.15) is 0 Å². The van der Waals surface area contributed by atoms with E-state index in [2.05, 4.69) is 33.8 Å². The van der Waals surface area contributed by atoms with Crippen molar-refractivity contribution in [3.05, 3.63) is 33.3 Å². The molecular weight excluding hydrogens is 324 g/mol. The van der Waals surface area contributed by atoms with Crippen LogP contribution in [-0.2, 0) is 0 Å². The minimum Gasteiger partial charge on any atom is -0.329 e. The number of rotatable bonds is 3. The average molecular weight is 346 g/mol. The largest absolute Gasteiger partial charge is 0.329 e. The Morgan fingerprint density at radius 1 is 1.42 bits per heavy atom. The molecule has 0 spiro atoms. The van der Waals surface area contributed by atoms with E-state index in [1.807, 2.05) is 12.1 Å². The fourth-order valence-corrected chi connectivity index (χ4v) is 3.46. The Kier molecular flexibility index (Phi) is 5.70. The third-order valence-electron chi connectivity index (χ3n) is 4.03. The van der Waals surface area contributed by atoms with Gasteiger partial charge in [-0.05, 0) is 62.0 Å². The highest BCUT2D eigenvalue weighted by Gasteiger charge is 2.23. The number of nitrogens with two attached hydrogens (primary N) is 1. The zero-order valence-electron chi connectivity index (χ0n) is 11.4. The molecule has 1 aromatic carbocycles. The van der Waals surface area contributed by atoms with E-state index in [4.69, 9.17) is 17.3 Å². The van der Waals surface area contributed by atoms with Crippen molar-refractivity contribution >= 4 is 27.5 Å². The standard InChI is InChI=1S/C15H22BrClN2/c1-11-3-2-7-19(8-6-11)15(10-18)13-9-12(16)4-5-14(13)17/h4-5,9,11,15H,2-3,6-8,10,18H2,1H3. The van der Waals surface area contributed by atoms with Crippen molar-refractivity contribution < 1.29 is 0 Å². The number of hydrogen-bond acceptors (Lipinski definition) is 2. The van der Waals surface area contributed by atoms with Gasteiger partial charge in [-0.15, -0.1) is 0 Å². The first-order chi connectivity index (χ1) is 9.11. The summed E-state index contributed by atoms with van der Waals surface area (Å²) in [7, 11) is 0. The van der Waals surface area contributed by atoms with Crippen molar-refractivity contribution in [1.82, 2.24) is 4.90 Å². The Bertz CT molecular complexity index is 425. The second-order valence-electron chi connectivity index (χ2n) is 5.49. The molecule has 0 saturated carbocycles. The highest BCUT2D eigenvalue weighted by molar-refractivity contribution is 9.10. The normalized spacial score (nSPS) is 23.1. The third kappa shape index (κ3) is 3.94. The molecule has 106 valence electrons. The molecule has 2 nitrogen and oxygen atoms in total. The Balaban J connectivity index is 2.21. The molecule has 0 aliphatic carbocycles. The zero-order chi connectivity index (χ0) is 13.8. The number of benzene rings is 1. The molecule has 0 bridgehead atoms. The van der Waals surface area contributed by atoms with Crippen molar-refractivity contribution in [2.75, 3.05) is 19.6 Å². The van der Waals surface area contributed by atoms with Crippen LogP contribution in [0.15, 0.2) is 22.7 Å². The molecular formula is C15H22BrClN2. The molecule has 2 rings (SSSR count). The van der Waals surface area contributed by atoms with Crippen LogP contribution in [0.3, 0.4) is 0 Å². The lowest BCUT2D eigenvalue weighted by atomic mass is 10.0. The molecule has 1 aromatic rings. The molecule has 4 heteroatoms. The van der Waals surface area contributed by atoms with Gasteiger partial charge in [-0.25, -0.2) is 0 Å². The number of nitrogens with zero attached hydrogens (tertiary/aromatic N) is 1. The topological polar surface area (TPSA) is 29.3 Å². The van der Waals surface area contributed by atoms with Crippen molar-refractivity contribution in [2.24, 2.45) is 11.7 Å². The monoisotopic (exact) mass is 344 g/mol. The number of hydrogen-bond donors (Lipinski definition) is 1.